The highest BCUT2D eigenvalue weighted by molar-refractivity contribution is 5.58. The van der Waals surface area contributed by atoms with Crippen molar-refractivity contribution >= 4 is 6.34 Å². The van der Waals surface area contributed by atoms with Gasteiger partial charge in [0.25, 0.3) is 0 Å². The molecule has 1 aromatic rings. The highest BCUT2D eigenvalue weighted by Gasteiger charge is 2.28. The molecule has 1 atom stereocenters. The van der Waals surface area contributed by atoms with Gasteiger partial charge >= 0.3 is 0 Å². The summed E-state index contributed by atoms with van der Waals surface area (Å²) in [4.78, 5) is 6.39. The molecule has 15 heavy (non-hydrogen) atoms. The van der Waals surface area contributed by atoms with Crippen molar-refractivity contribution in [3.8, 4) is 0 Å². The van der Waals surface area contributed by atoms with Crippen LogP contribution in [0.4, 0.5) is 0 Å². The van der Waals surface area contributed by atoms with Gasteiger partial charge in [0.2, 0.25) is 0 Å². The third kappa shape index (κ3) is 1.43. The summed E-state index contributed by atoms with van der Waals surface area (Å²) in [7, 11) is 0. The minimum absolute atomic E-state index is 0.0897. The summed E-state index contributed by atoms with van der Waals surface area (Å²) >= 11 is 0. The van der Waals surface area contributed by atoms with Crippen LogP contribution in [-0.4, -0.2) is 24.3 Å². The standard InChI is InChI=1S/C12H14N2O/c1-9-2-3-11-10(6-9)7-15-12(11)14-5-4-13-8-14/h2-3,6,8,12H,4-5,7H2,1H3. The zero-order valence-corrected chi connectivity index (χ0v) is 8.81. The van der Waals surface area contributed by atoms with Crippen LogP contribution in [0.2, 0.25) is 0 Å². The average Bonchev–Trinajstić information content (AvgIpc) is 2.82. The van der Waals surface area contributed by atoms with Crippen LogP contribution in [0.15, 0.2) is 23.2 Å². The van der Waals surface area contributed by atoms with Crippen molar-refractivity contribution in [3.63, 3.8) is 0 Å². The Balaban J connectivity index is 1.94. The van der Waals surface area contributed by atoms with Crippen molar-refractivity contribution in [1.29, 1.82) is 0 Å². The quantitative estimate of drug-likeness (QED) is 0.694. The van der Waals surface area contributed by atoms with E-state index in [-0.39, 0.29) is 6.23 Å². The molecule has 2 aliphatic heterocycles. The average molecular weight is 202 g/mol. The van der Waals surface area contributed by atoms with E-state index >= 15 is 0 Å². The normalized spacial score (nSPS) is 23.5. The molecule has 3 heteroatoms. The summed E-state index contributed by atoms with van der Waals surface area (Å²) in [6.07, 6.45) is 1.99. The molecule has 0 amide bonds. The predicted octanol–water partition coefficient (Wildman–Crippen LogP) is 1.87. The van der Waals surface area contributed by atoms with Crippen molar-refractivity contribution < 1.29 is 4.74 Å². The number of ether oxygens (including phenoxy) is 1. The van der Waals surface area contributed by atoms with Gasteiger partial charge in [-0.1, -0.05) is 23.8 Å². The van der Waals surface area contributed by atoms with Crippen LogP contribution >= 0.6 is 0 Å². The minimum Gasteiger partial charge on any atom is -0.349 e. The number of aliphatic imine (C=N–C) groups is 1. The lowest BCUT2D eigenvalue weighted by Crippen LogP contribution is -2.25. The summed E-state index contributed by atoms with van der Waals surface area (Å²) < 4.78 is 5.80. The zero-order valence-electron chi connectivity index (χ0n) is 8.81. The van der Waals surface area contributed by atoms with E-state index < -0.39 is 0 Å². The number of hydrogen-bond donors (Lipinski definition) is 0. The van der Waals surface area contributed by atoms with Gasteiger partial charge < -0.3 is 9.64 Å². The number of aryl methyl sites for hydroxylation is 1. The van der Waals surface area contributed by atoms with Crippen LogP contribution in [-0.2, 0) is 11.3 Å². The lowest BCUT2D eigenvalue weighted by atomic mass is 10.1. The SMILES string of the molecule is Cc1ccc2c(c1)COC2N1C=NCC1. The Bertz CT molecular complexity index is 414. The van der Waals surface area contributed by atoms with Crippen molar-refractivity contribution in [2.75, 3.05) is 13.1 Å². The summed E-state index contributed by atoms with van der Waals surface area (Å²) in [5.74, 6) is 0. The number of benzene rings is 1. The fourth-order valence-corrected chi connectivity index (χ4v) is 2.20. The molecule has 0 saturated carbocycles. The minimum atomic E-state index is 0.0897. The van der Waals surface area contributed by atoms with Gasteiger partial charge in [-0.05, 0) is 12.5 Å². The van der Waals surface area contributed by atoms with Crippen LogP contribution in [0.1, 0.15) is 22.9 Å². The van der Waals surface area contributed by atoms with Crippen LogP contribution in [0.25, 0.3) is 0 Å². The molecular weight excluding hydrogens is 188 g/mol. The Labute approximate surface area is 89.4 Å². The van der Waals surface area contributed by atoms with E-state index in [1.54, 1.807) is 0 Å². The maximum Gasteiger partial charge on any atom is 0.157 e. The third-order valence-corrected chi connectivity index (χ3v) is 2.98. The molecule has 0 bridgehead atoms. The second-order valence-corrected chi connectivity index (χ2v) is 4.13. The lowest BCUT2D eigenvalue weighted by Gasteiger charge is -2.22. The Morgan fingerprint density at radius 2 is 2.40 bits per heavy atom. The maximum absolute atomic E-state index is 5.80. The van der Waals surface area contributed by atoms with Gasteiger partial charge in [0.05, 0.1) is 19.5 Å². The van der Waals surface area contributed by atoms with Crippen LogP contribution < -0.4 is 0 Å². The molecule has 1 unspecified atom stereocenters. The van der Waals surface area contributed by atoms with Crippen molar-refractivity contribution in [2.24, 2.45) is 4.99 Å². The lowest BCUT2D eigenvalue weighted by molar-refractivity contribution is -0.0101. The van der Waals surface area contributed by atoms with Gasteiger partial charge in [-0.2, -0.15) is 0 Å². The van der Waals surface area contributed by atoms with Gasteiger partial charge in [0, 0.05) is 12.1 Å². The van der Waals surface area contributed by atoms with Crippen molar-refractivity contribution in [3.05, 3.63) is 34.9 Å². The third-order valence-electron chi connectivity index (χ3n) is 2.98. The molecule has 3 nitrogen and oxygen atoms in total. The fourth-order valence-electron chi connectivity index (χ4n) is 2.20. The zero-order chi connectivity index (χ0) is 10.3. The second-order valence-electron chi connectivity index (χ2n) is 4.13. The molecule has 0 aliphatic carbocycles. The summed E-state index contributed by atoms with van der Waals surface area (Å²) in [6, 6.07) is 6.53. The Morgan fingerprint density at radius 3 is 3.20 bits per heavy atom. The smallest absolute Gasteiger partial charge is 0.157 e. The van der Waals surface area contributed by atoms with Crippen LogP contribution in [0.5, 0.6) is 0 Å². The molecule has 2 heterocycles. The van der Waals surface area contributed by atoms with Crippen LogP contribution in [0.3, 0.4) is 0 Å². The van der Waals surface area contributed by atoms with E-state index in [0.29, 0.717) is 0 Å². The molecule has 3 rings (SSSR count). The molecule has 0 fully saturated rings. The number of fused-ring (bicyclic) bond motifs is 1. The topological polar surface area (TPSA) is 24.8 Å². The van der Waals surface area contributed by atoms with E-state index in [9.17, 15) is 0 Å². The molecule has 0 aromatic heterocycles. The van der Waals surface area contributed by atoms with Crippen molar-refractivity contribution in [2.45, 2.75) is 19.8 Å². The molecule has 1 aromatic carbocycles. The Kier molecular flexibility index (Phi) is 1.99. The first-order valence-corrected chi connectivity index (χ1v) is 5.31. The Hall–Kier alpha value is -1.35. The predicted molar refractivity (Wildman–Crippen MR) is 58.8 cm³/mol. The van der Waals surface area contributed by atoms with Gasteiger partial charge in [-0.3, -0.25) is 4.99 Å². The molecule has 78 valence electrons. The first-order valence-electron chi connectivity index (χ1n) is 5.31. The fraction of sp³-hybridized carbons (Fsp3) is 0.417. The van der Waals surface area contributed by atoms with Gasteiger partial charge in [0.1, 0.15) is 0 Å². The van der Waals surface area contributed by atoms with Crippen LogP contribution in [0, 0.1) is 6.92 Å². The number of nitrogens with zero attached hydrogens (tertiary/aromatic N) is 2. The first kappa shape index (κ1) is 8.92. The molecule has 2 aliphatic rings. The second kappa shape index (κ2) is 3.35. The molecular formula is C12H14N2O. The maximum atomic E-state index is 5.80. The molecule has 0 saturated heterocycles. The number of rotatable bonds is 1. The summed E-state index contributed by atoms with van der Waals surface area (Å²) in [6.45, 7) is 4.70. The molecule has 0 spiro atoms. The van der Waals surface area contributed by atoms with E-state index in [1.807, 2.05) is 6.34 Å². The summed E-state index contributed by atoms with van der Waals surface area (Å²) in [5.41, 5.74) is 3.92. The first-order chi connectivity index (χ1) is 7.34. The molecule has 0 N–H and O–H groups in total. The van der Waals surface area contributed by atoms with E-state index in [4.69, 9.17) is 4.74 Å². The van der Waals surface area contributed by atoms with Gasteiger partial charge in [-0.15, -0.1) is 0 Å². The monoisotopic (exact) mass is 202 g/mol. The highest BCUT2D eigenvalue weighted by Crippen LogP contribution is 2.33. The van der Waals surface area contributed by atoms with E-state index in [2.05, 4.69) is 35.0 Å². The largest absolute Gasteiger partial charge is 0.349 e. The van der Waals surface area contributed by atoms with Crippen molar-refractivity contribution in [1.82, 2.24) is 4.90 Å². The molecule has 0 radical (unpaired) electrons. The highest BCUT2D eigenvalue weighted by atomic mass is 16.5. The Morgan fingerprint density at radius 1 is 1.47 bits per heavy atom. The van der Waals surface area contributed by atoms with E-state index in [0.717, 1.165) is 19.7 Å². The van der Waals surface area contributed by atoms with E-state index in [1.165, 1.54) is 16.7 Å². The number of hydrogen-bond acceptors (Lipinski definition) is 3. The summed E-state index contributed by atoms with van der Waals surface area (Å²) in [5, 5.41) is 0. The van der Waals surface area contributed by atoms with Gasteiger partial charge in [0.15, 0.2) is 6.23 Å². The van der Waals surface area contributed by atoms with Gasteiger partial charge in [-0.25, -0.2) is 0 Å².